The zero-order valence-corrected chi connectivity index (χ0v) is 32.9. The lowest BCUT2D eigenvalue weighted by Gasteiger charge is -2.50. The Kier molecular flexibility index (Phi) is 9.47. The highest BCUT2D eigenvalue weighted by Crippen LogP contribution is 2.65. The van der Waals surface area contributed by atoms with Gasteiger partial charge in [-0.1, -0.05) is 58.6 Å². The summed E-state index contributed by atoms with van der Waals surface area (Å²) in [4.78, 5) is 62.9. The molecule has 4 amide bonds. The molecule has 11 nitrogen and oxygen atoms in total. The number of nitrogens with zero attached hydrogens (tertiary/aromatic N) is 3. The van der Waals surface area contributed by atoms with E-state index in [-0.39, 0.29) is 41.1 Å². The Balaban J connectivity index is 1.18. The van der Waals surface area contributed by atoms with Crippen LogP contribution in [0.4, 0.5) is 17.1 Å². The second-order valence-corrected chi connectivity index (χ2v) is 16.3. The number of phenolic OH excluding ortho intramolecular Hbond substituents is 1. The number of carbonyl (C=O) groups excluding carboxylic acids is 4. The number of allylic oxidation sites excluding steroid dienone is 2. The summed E-state index contributed by atoms with van der Waals surface area (Å²) < 4.78 is 11.0. The zero-order valence-electron chi connectivity index (χ0n) is 30.7. The van der Waals surface area contributed by atoms with Gasteiger partial charge in [-0.15, -0.1) is 0 Å². The lowest BCUT2D eigenvalue weighted by Crippen LogP contribution is -2.53. The SMILES string of the molecule is COc1ccc([C@@]23C(=O)N(Nc4ccc(Cl)cc4Cl)C(=O)[C@@H]2C[C@@H]2C(=CC[C@@H]4C(=O)N(c5ccc(N6CCOCC6)cc5)C(=O)[C@@H]42)[C@@H]3c2cc(Cl)ccc2O)cc1. The molecule has 3 heterocycles. The van der Waals surface area contributed by atoms with Crippen molar-refractivity contribution in [2.45, 2.75) is 24.2 Å². The third kappa shape index (κ3) is 5.89. The van der Waals surface area contributed by atoms with Crippen molar-refractivity contribution in [2.24, 2.45) is 23.7 Å². The van der Waals surface area contributed by atoms with Gasteiger partial charge >= 0.3 is 0 Å². The highest BCUT2D eigenvalue weighted by atomic mass is 35.5. The first-order chi connectivity index (χ1) is 27.5. The number of anilines is 3. The molecule has 5 aliphatic rings. The van der Waals surface area contributed by atoms with E-state index in [4.69, 9.17) is 44.3 Å². The van der Waals surface area contributed by atoms with Crippen LogP contribution in [0.1, 0.15) is 29.9 Å². The number of rotatable bonds is 7. The number of nitrogens with one attached hydrogen (secondary N) is 1. The van der Waals surface area contributed by atoms with Crippen molar-refractivity contribution in [3.8, 4) is 11.5 Å². The molecule has 6 atom stereocenters. The van der Waals surface area contributed by atoms with Gasteiger partial charge < -0.3 is 19.5 Å². The molecule has 4 aromatic carbocycles. The summed E-state index contributed by atoms with van der Waals surface area (Å²) in [7, 11) is 1.53. The second-order valence-electron chi connectivity index (χ2n) is 15.0. The van der Waals surface area contributed by atoms with Crippen molar-refractivity contribution >= 4 is 75.5 Å². The molecule has 57 heavy (non-hydrogen) atoms. The molecule has 9 rings (SSSR count). The molecule has 4 aromatic rings. The number of ether oxygens (including phenoxy) is 2. The minimum Gasteiger partial charge on any atom is -0.508 e. The molecule has 0 spiro atoms. The van der Waals surface area contributed by atoms with Crippen LogP contribution in [0.3, 0.4) is 0 Å². The first-order valence-electron chi connectivity index (χ1n) is 18.8. The molecule has 292 valence electrons. The normalized spacial score (nSPS) is 26.9. The van der Waals surface area contributed by atoms with E-state index in [0.717, 1.165) is 23.8 Å². The summed E-state index contributed by atoms with van der Waals surface area (Å²) in [5.74, 6) is -5.64. The molecular weight excluding hydrogens is 791 g/mol. The zero-order chi connectivity index (χ0) is 39.7. The number of amides is 4. The van der Waals surface area contributed by atoms with Gasteiger partial charge in [-0.05, 0) is 97.1 Å². The number of benzene rings is 4. The van der Waals surface area contributed by atoms with Gasteiger partial charge in [-0.2, -0.15) is 5.01 Å². The fraction of sp³-hybridized carbons (Fsp3) is 0.302. The van der Waals surface area contributed by atoms with Crippen molar-refractivity contribution in [3.63, 3.8) is 0 Å². The summed E-state index contributed by atoms with van der Waals surface area (Å²) in [5, 5.41) is 13.5. The lowest BCUT2D eigenvalue weighted by atomic mass is 9.49. The van der Waals surface area contributed by atoms with E-state index in [0.29, 0.717) is 51.4 Å². The summed E-state index contributed by atoms with van der Waals surface area (Å²) in [6, 6.07) is 23.6. The predicted octanol–water partition coefficient (Wildman–Crippen LogP) is 7.39. The minimum absolute atomic E-state index is 0.0663. The van der Waals surface area contributed by atoms with Crippen LogP contribution in [0, 0.1) is 23.7 Å². The molecule has 3 saturated heterocycles. The Morgan fingerprint density at radius 1 is 0.807 bits per heavy atom. The van der Waals surface area contributed by atoms with Crippen LogP contribution in [-0.4, -0.2) is 67.2 Å². The van der Waals surface area contributed by atoms with E-state index >= 15 is 4.79 Å². The lowest BCUT2D eigenvalue weighted by molar-refractivity contribution is -0.138. The van der Waals surface area contributed by atoms with Gasteiger partial charge in [0.2, 0.25) is 11.8 Å². The highest BCUT2D eigenvalue weighted by Gasteiger charge is 2.70. The number of phenols is 1. The Bertz CT molecular complexity index is 2350. The van der Waals surface area contributed by atoms with Crippen molar-refractivity contribution in [2.75, 3.05) is 48.6 Å². The number of hydrogen-bond donors (Lipinski definition) is 2. The molecule has 0 bridgehead atoms. The van der Waals surface area contributed by atoms with Gasteiger partial charge in [0.15, 0.2) is 0 Å². The fourth-order valence-corrected chi connectivity index (χ4v) is 10.5. The van der Waals surface area contributed by atoms with Crippen molar-refractivity contribution < 1.29 is 33.8 Å². The molecule has 0 radical (unpaired) electrons. The van der Waals surface area contributed by atoms with Crippen LogP contribution in [-0.2, 0) is 29.3 Å². The first-order valence-corrected chi connectivity index (χ1v) is 19.9. The third-order valence-electron chi connectivity index (χ3n) is 12.4. The molecule has 1 saturated carbocycles. The number of imide groups is 2. The monoisotopic (exact) mass is 826 g/mol. The predicted molar refractivity (Wildman–Crippen MR) is 216 cm³/mol. The maximum atomic E-state index is 15.4. The van der Waals surface area contributed by atoms with Crippen LogP contribution in [0.2, 0.25) is 15.1 Å². The fourth-order valence-electron chi connectivity index (χ4n) is 9.83. The summed E-state index contributed by atoms with van der Waals surface area (Å²) >= 11 is 19.4. The maximum Gasteiger partial charge on any atom is 0.260 e. The van der Waals surface area contributed by atoms with Gasteiger partial charge in [-0.3, -0.25) is 29.5 Å². The van der Waals surface area contributed by atoms with Gasteiger partial charge in [0.1, 0.15) is 11.5 Å². The topological polar surface area (TPSA) is 129 Å². The number of carbonyl (C=O) groups is 4. The molecule has 2 aliphatic carbocycles. The Hall–Kier alpha value is -5.07. The number of halogens is 3. The van der Waals surface area contributed by atoms with Crippen LogP contribution in [0.15, 0.2) is 96.6 Å². The molecule has 0 unspecified atom stereocenters. The highest BCUT2D eigenvalue weighted by molar-refractivity contribution is 6.36. The van der Waals surface area contributed by atoms with E-state index in [1.54, 1.807) is 60.7 Å². The van der Waals surface area contributed by atoms with Crippen molar-refractivity contribution in [1.82, 2.24) is 5.01 Å². The molecular formula is C43H37Cl3N4O7. The Labute approximate surface area is 343 Å². The maximum absolute atomic E-state index is 15.4. The quantitative estimate of drug-likeness (QED) is 0.145. The summed E-state index contributed by atoms with van der Waals surface area (Å²) in [6.07, 6.45) is 2.21. The number of hydrazine groups is 1. The van der Waals surface area contributed by atoms with Crippen LogP contribution in [0.5, 0.6) is 11.5 Å². The molecule has 3 aliphatic heterocycles. The summed E-state index contributed by atoms with van der Waals surface area (Å²) in [5.41, 5.74) is 4.54. The van der Waals surface area contributed by atoms with Crippen LogP contribution in [0.25, 0.3) is 0 Å². The molecule has 2 N–H and O–H groups in total. The number of methoxy groups -OCH3 is 1. The van der Waals surface area contributed by atoms with E-state index in [2.05, 4.69) is 10.3 Å². The number of aromatic hydroxyl groups is 1. The number of hydrogen-bond acceptors (Lipinski definition) is 9. The van der Waals surface area contributed by atoms with Gasteiger partial charge in [-0.25, -0.2) is 0 Å². The largest absolute Gasteiger partial charge is 0.508 e. The average molecular weight is 828 g/mol. The van der Waals surface area contributed by atoms with Crippen LogP contribution < -0.4 is 20.0 Å². The molecule has 4 fully saturated rings. The van der Waals surface area contributed by atoms with Gasteiger partial charge in [0.25, 0.3) is 11.8 Å². The van der Waals surface area contributed by atoms with Gasteiger partial charge in [0, 0.05) is 40.3 Å². The third-order valence-corrected chi connectivity index (χ3v) is 13.1. The van der Waals surface area contributed by atoms with E-state index < -0.39 is 46.8 Å². The van der Waals surface area contributed by atoms with E-state index in [9.17, 15) is 19.5 Å². The van der Waals surface area contributed by atoms with Crippen LogP contribution >= 0.6 is 34.8 Å². The standard InChI is InChI=1S/C43H37Cl3N4O7/c1-56-28-10-2-23(3-11-28)43-33(40(53)50(42(43)55)47-35-14-4-25(45)21-34(35)46)22-31-29(38(43)32-20-24(44)5-15-36(32)51)12-13-30-37(31)41(54)49(39(30)52)27-8-6-26(7-9-27)48-16-18-57-19-17-48/h2-12,14-15,20-21,30-31,33,37-38,47,51H,13,16-19,22H2,1H3/t30-,31+,33-,37-,38+,43+/m0/s1. The second kappa shape index (κ2) is 14.4. The summed E-state index contributed by atoms with van der Waals surface area (Å²) in [6.45, 7) is 2.72. The smallest absolute Gasteiger partial charge is 0.260 e. The molecule has 0 aromatic heterocycles. The molecule has 14 heteroatoms. The minimum atomic E-state index is -1.65. The van der Waals surface area contributed by atoms with E-state index in [1.165, 1.54) is 24.1 Å². The average Bonchev–Trinajstić information content (AvgIpc) is 3.60. The Morgan fingerprint density at radius 3 is 2.19 bits per heavy atom. The van der Waals surface area contributed by atoms with E-state index in [1.807, 2.05) is 18.2 Å². The first kappa shape index (κ1) is 37.5. The van der Waals surface area contributed by atoms with Crippen molar-refractivity contribution in [1.29, 1.82) is 0 Å². The number of morpholine rings is 1. The van der Waals surface area contributed by atoms with Crippen molar-refractivity contribution in [3.05, 3.63) is 123 Å². The Morgan fingerprint density at radius 2 is 1.49 bits per heavy atom. The van der Waals surface area contributed by atoms with Gasteiger partial charge in [0.05, 0.1) is 59.9 Å². The number of fused-ring (bicyclic) bond motifs is 4.